The van der Waals surface area contributed by atoms with Crippen molar-refractivity contribution in [1.82, 2.24) is 9.55 Å². The molecule has 0 radical (unpaired) electrons. The molecule has 0 amide bonds. The minimum absolute atomic E-state index is 0.257. The average molecular weight is 296 g/mol. The third kappa shape index (κ3) is 5.07. The van der Waals surface area contributed by atoms with Crippen LogP contribution in [-0.2, 0) is 15.8 Å². The number of halogens is 1. The number of hydrogen-bond acceptors (Lipinski definition) is 4. The molecule has 1 heterocycles. The van der Waals surface area contributed by atoms with Gasteiger partial charge < -0.3 is 14.5 Å². The molecule has 10 heteroatoms. The summed E-state index contributed by atoms with van der Waals surface area (Å²) in [6.45, 7) is 0.188. The second-order valence-corrected chi connectivity index (χ2v) is 5.55. The standard InChI is InChI=1S/C9H14FN2O6P/c1-6-3-12(9(14)11-8(6)13)4-7(2-10)18-5-19(15,16)17/h3,7H,2,4-5H2,1H3,(H,11,13,14)(H2,15,16,17)/t7-/m1/s1. The number of aryl methyl sites for hydroxylation is 1. The fourth-order valence-corrected chi connectivity index (χ4v) is 1.73. The maximum Gasteiger partial charge on any atom is 0.350 e. The number of ether oxygens (including phenoxy) is 1. The first-order valence-electron chi connectivity index (χ1n) is 5.25. The highest BCUT2D eigenvalue weighted by molar-refractivity contribution is 7.51. The van der Waals surface area contributed by atoms with Crippen molar-refractivity contribution in [1.29, 1.82) is 0 Å². The van der Waals surface area contributed by atoms with Crippen LogP contribution < -0.4 is 11.2 Å². The first kappa shape index (κ1) is 15.8. The van der Waals surface area contributed by atoms with Crippen molar-refractivity contribution in [3.63, 3.8) is 0 Å². The largest absolute Gasteiger partial charge is 0.361 e. The lowest BCUT2D eigenvalue weighted by molar-refractivity contribution is 0.0429. The van der Waals surface area contributed by atoms with E-state index in [-0.39, 0.29) is 12.1 Å². The Morgan fingerprint density at radius 1 is 1.53 bits per heavy atom. The molecule has 0 aliphatic rings. The van der Waals surface area contributed by atoms with Crippen LogP contribution in [-0.4, -0.2) is 38.5 Å². The summed E-state index contributed by atoms with van der Waals surface area (Å²) in [5, 5.41) is 0. The van der Waals surface area contributed by atoms with Crippen LogP contribution in [0.1, 0.15) is 5.56 Å². The van der Waals surface area contributed by atoms with Gasteiger partial charge in [0.05, 0.1) is 6.54 Å². The summed E-state index contributed by atoms with van der Waals surface area (Å²) in [4.78, 5) is 41.8. The summed E-state index contributed by atoms with van der Waals surface area (Å²) < 4.78 is 29.0. The fraction of sp³-hybridized carbons (Fsp3) is 0.556. The van der Waals surface area contributed by atoms with Gasteiger partial charge in [0, 0.05) is 11.8 Å². The molecule has 1 atom stereocenters. The van der Waals surface area contributed by atoms with E-state index >= 15 is 0 Å². The Kier molecular flexibility index (Phi) is 5.19. The second kappa shape index (κ2) is 6.25. The van der Waals surface area contributed by atoms with Gasteiger partial charge in [-0.1, -0.05) is 0 Å². The molecule has 0 bridgehead atoms. The van der Waals surface area contributed by atoms with Crippen LogP contribution in [0.2, 0.25) is 0 Å². The second-order valence-electron chi connectivity index (χ2n) is 3.96. The summed E-state index contributed by atoms with van der Waals surface area (Å²) in [7, 11) is -4.40. The van der Waals surface area contributed by atoms with Gasteiger partial charge in [0.25, 0.3) is 5.56 Å². The van der Waals surface area contributed by atoms with E-state index in [1.165, 1.54) is 13.1 Å². The van der Waals surface area contributed by atoms with Gasteiger partial charge in [0.15, 0.2) is 0 Å². The van der Waals surface area contributed by atoms with Crippen molar-refractivity contribution in [2.24, 2.45) is 0 Å². The Hall–Kier alpha value is -1.28. The number of H-pyrrole nitrogens is 1. The maximum absolute atomic E-state index is 12.7. The number of rotatable bonds is 6. The lowest BCUT2D eigenvalue weighted by atomic mass is 10.3. The first-order valence-corrected chi connectivity index (χ1v) is 7.05. The number of hydrogen-bond donors (Lipinski definition) is 3. The molecule has 3 N–H and O–H groups in total. The molecule has 0 aliphatic carbocycles. The van der Waals surface area contributed by atoms with Gasteiger partial charge in [-0.3, -0.25) is 18.9 Å². The van der Waals surface area contributed by atoms with Gasteiger partial charge in [-0.25, -0.2) is 9.18 Å². The minimum Gasteiger partial charge on any atom is -0.361 e. The van der Waals surface area contributed by atoms with Crippen LogP contribution in [0, 0.1) is 6.92 Å². The lowest BCUT2D eigenvalue weighted by Gasteiger charge is -2.16. The number of aromatic nitrogens is 2. The number of alkyl halides is 1. The quantitative estimate of drug-likeness (QED) is 0.599. The Morgan fingerprint density at radius 3 is 2.68 bits per heavy atom. The fourth-order valence-electron chi connectivity index (χ4n) is 1.32. The van der Waals surface area contributed by atoms with Crippen molar-refractivity contribution in [3.8, 4) is 0 Å². The van der Waals surface area contributed by atoms with Crippen molar-refractivity contribution >= 4 is 7.60 Å². The van der Waals surface area contributed by atoms with Crippen LogP contribution in [0.5, 0.6) is 0 Å². The van der Waals surface area contributed by atoms with Gasteiger partial charge in [-0.05, 0) is 6.92 Å². The van der Waals surface area contributed by atoms with Gasteiger partial charge in [-0.2, -0.15) is 0 Å². The molecule has 1 aromatic heterocycles. The Labute approximate surface area is 107 Å². The molecule has 0 aromatic carbocycles. The molecule has 0 spiro atoms. The predicted molar refractivity (Wildman–Crippen MR) is 63.8 cm³/mol. The third-order valence-corrected chi connectivity index (χ3v) is 2.73. The monoisotopic (exact) mass is 296 g/mol. The summed E-state index contributed by atoms with van der Waals surface area (Å²) in [5.74, 6) is 0. The smallest absolute Gasteiger partial charge is 0.350 e. The topological polar surface area (TPSA) is 122 Å². The van der Waals surface area contributed by atoms with E-state index in [4.69, 9.17) is 14.5 Å². The molecule has 0 unspecified atom stereocenters. The number of nitrogens with one attached hydrogen (secondary N) is 1. The molecule has 1 rings (SSSR count). The Morgan fingerprint density at radius 2 is 2.16 bits per heavy atom. The molecule has 19 heavy (non-hydrogen) atoms. The Balaban J connectivity index is 2.82. The maximum atomic E-state index is 12.7. The molecular weight excluding hydrogens is 282 g/mol. The normalized spacial score (nSPS) is 13.5. The first-order chi connectivity index (χ1) is 8.73. The van der Waals surface area contributed by atoms with Crippen molar-refractivity contribution in [3.05, 3.63) is 32.6 Å². The molecule has 0 fully saturated rings. The van der Waals surface area contributed by atoms with Crippen LogP contribution in [0.4, 0.5) is 4.39 Å². The van der Waals surface area contributed by atoms with Crippen molar-refractivity contribution < 1.29 is 23.5 Å². The molecule has 0 saturated carbocycles. The number of aromatic amines is 1. The van der Waals surface area contributed by atoms with Gasteiger partial charge in [0.1, 0.15) is 19.1 Å². The van der Waals surface area contributed by atoms with E-state index in [0.717, 1.165) is 4.57 Å². The van der Waals surface area contributed by atoms with Gasteiger partial charge in [0.2, 0.25) is 0 Å². The highest BCUT2D eigenvalue weighted by Crippen LogP contribution is 2.34. The summed E-state index contributed by atoms with van der Waals surface area (Å²) >= 11 is 0. The van der Waals surface area contributed by atoms with Gasteiger partial charge in [-0.15, -0.1) is 0 Å². The van der Waals surface area contributed by atoms with E-state index in [1.807, 2.05) is 4.98 Å². The van der Waals surface area contributed by atoms with Crippen LogP contribution >= 0.6 is 7.60 Å². The van der Waals surface area contributed by atoms with E-state index in [2.05, 4.69) is 0 Å². The van der Waals surface area contributed by atoms with E-state index in [0.29, 0.717) is 0 Å². The molecule has 0 aliphatic heterocycles. The SMILES string of the molecule is Cc1cn(C[C@@H](CF)OCP(=O)(O)O)c(=O)[nH]c1=O. The highest BCUT2D eigenvalue weighted by atomic mass is 31.2. The lowest BCUT2D eigenvalue weighted by Crippen LogP contribution is -2.35. The molecule has 1 aromatic rings. The third-order valence-electron chi connectivity index (χ3n) is 2.24. The zero-order valence-electron chi connectivity index (χ0n) is 10.1. The Bertz CT molecular complexity index is 591. The van der Waals surface area contributed by atoms with Gasteiger partial charge >= 0.3 is 13.3 Å². The molecule has 108 valence electrons. The summed E-state index contributed by atoms with van der Waals surface area (Å²) in [6.07, 6.45) is -0.890. The van der Waals surface area contributed by atoms with Crippen LogP contribution in [0.15, 0.2) is 15.8 Å². The molecule has 0 saturated heterocycles. The summed E-state index contributed by atoms with van der Waals surface area (Å²) in [6, 6.07) is 0. The summed E-state index contributed by atoms with van der Waals surface area (Å²) in [5.41, 5.74) is -1.03. The zero-order valence-corrected chi connectivity index (χ0v) is 11.0. The van der Waals surface area contributed by atoms with Crippen molar-refractivity contribution in [2.45, 2.75) is 19.6 Å². The van der Waals surface area contributed by atoms with Crippen LogP contribution in [0.25, 0.3) is 0 Å². The number of nitrogens with zero attached hydrogens (tertiary/aromatic N) is 1. The van der Waals surface area contributed by atoms with E-state index in [1.54, 1.807) is 0 Å². The average Bonchev–Trinajstić information content (AvgIpc) is 2.29. The minimum atomic E-state index is -4.40. The predicted octanol–water partition coefficient (Wildman–Crippen LogP) is -0.665. The zero-order chi connectivity index (χ0) is 14.6. The molecular formula is C9H14FN2O6P. The highest BCUT2D eigenvalue weighted by Gasteiger charge is 2.19. The molecule has 8 nitrogen and oxygen atoms in total. The van der Waals surface area contributed by atoms with E-state index < -0.39 is 38.0 Å². The van der Waals surface area contributed by atoms with E-state index in [9.17, 15) is 18.5 Å². The van der Waals surface area contributed by atoms with Crippen LogP contribution in [0.3, 0.4) is 0 Å². The van der Waals surface area contributed by atoms with Crippen molar-refractivity contribution in [2.75, 3.05) is 13.0 Å².